The van der Waals surface area contributed by atoms with E-state index in [1.807, 2.05) is 30.3 Å². The van der Waals surface area contributed by atoms with Gasteiger partial charge in [0.05, 0.1) is 11.4 Å². The zero-order chi connectivity index (χ0) is 9.80. The van der Waals surface area contributed by atoms with E-state index in [0.717, 1.165) is 11.4 Å². The molecule has 0 saturated carbocycles. The summed E-state index contributed by atoms with van der Waals surface area (Å²) in [7, 11) is 0. The Bertz CT molecular complexity index is 409. The van der Waals surface area contributed by atoms with E-state index in [1.54, 1.807) is 12.2 Å². The summed E-state index contributed by atoms with van der Waals surface area (Å²) in [6.45, 7) is 0. The monoisotopic (exact) mass is 183 g/mol. The highest BCUT2D eigenvalue weighted by atomic mass is 16.1. The van der Waals surface area contributed by atoms with Gasteiger partial charge in [-0.2, -0.15) is 0 Å². The molecule has 2 rings (SSSR count). The van der Waals surface area contributed by atoms with Gasteiger partial charge in [-0.25, -0.2) is 4.99 Å². The average molecular weight is 183 g/mol. The Morgan fingerprint density at radius 3 is 2.14 bits per heavy atom. The van der Waals surface area contributed by atoms with Crippen molar-refractivity contribution in [1.29, 1.82) is 0 Å². The van der Waals surface area contributed by atoms with Crippen molar-refractivity contribution in [3.8, 4) is 0 Å². The number of aliphatic imine (C=N–C) groups is 1. The predicted octanol–water partition coefficient (Wildman–Crippen LogP) is 2.45. The highest BCUT2D eigenvalue weighted by Gasteiger charge is 1.98. The third-order valence-electron chi connectivity index (χ3n) is 1.85. The summed E-state index contributed by atoms with van der Waals surface area (Å²) in [6, 6.07) is 9.65. The fourth-order valence-electron chi connectivity index (χ4n) is 1.17. The number of carbonyl (C=O) groups is 1. The van der Waals surface area contributed by atoms with E-state index in [1.165, 1.54) is 12.2 Å². The highest BCUT2D eigenvalue weighted by molar-refractivity contribution is 6.17. The Morgan fingerprint density at radius 1 is 0.857 bits per heavy atom. The van der Waals surface area contributed by atoms with E-state index in [9.17, 15) is 4.79 Å². The van der Waals surface area contributed by atoms with Crippen molar-refractivity contribution in [2.24, 2.45) is 4.99 Å². The number of allylic oxidation sites excluding steroid dienone is 4. The van der Waals surface area contributed by atoms with Gasteiger partial charge in [0.15, 0.2) is 5.78 Å². The molecule has 0 heterocycles. The van der Waals surface area contributed by atoms with Crippen LogP contribution in [0.1, 0.15) is 0 Å². The van der Waals surface area contributed by atoms with Crippen LogP contribution in [0.3, 0.4) is 0 Å². The number of carbonyl (C=O) groups excluding carboxylic acids is 1. The van der Waals surface area contributed by atoms with Crippen molar-refractivity contribution in [2.75, 3.05) is 0 Å². The van der Waals surface area contributed by atoms with Crippen LogP contribution in [0.4, 0.5) is 5.69 Å². The molecule has 0 amide bonds. The number of hydrogen-bond donors (Lipinski definition) is 0. The molecular weight excluding hydrogens is 174 g/mol. The standard InChI is InChI=1S/C12H9NO/c14-12-8-6-11(7-9-12)13-10-4-2-1-3-5-10/h1-9H. The number of hydrogen-bond acceptors (Lipinski definition) is 2. The van der Waals surface area contributed by atoms with E-state index >= 15 is 0 Å². The molecule has 0 saturated heterocycles. The van der Waals surface area contributed by atoms with Gasteiger partial charge in [-0.15, -0.1) is 0 Å². The average Bonchev–Trinajstić information content (AvgIpc) is 2.23. The minimum absolute atomic E-state index is 0.0111. The normalized spacial score (nSPS) is 14.6. The SMILES string of the molecule is O=C1C=CC(=Nc2ccccc2)C=C1. The molecule has 1 aromatic rings. The molecule has 0 atom stereocenters. The van der Waals surface area contributed by atoms with Gasteiger partial charge in [0.1, 0.15) is 0 Å². The summed E-state index contributed by atoms with van der Waals surface area (Å²) in [5.74, 6) is 0.0111. The maximum absolute atomic E-state index is 10.8. The number of nitrogens with zero attached hydrogens (tertiary/aromatic N) is 1. The maximum Gasteiger partial charge on any atom is 0.178 e. The van der Waals surface area contributed by atoms with Crippen LogP contribution >= 0.6 is 0 Å². The summed E-state index contributed by atoms with van der Waals surface area (Å²) < 4.78 is 0. The molecular formula is C12H9NO. The van der Waals surface area contributed by atoms with Crippen LogP contribution in [0.5, 0.6) is 0 Å². The molecule has 0 fully saturated rings. The summed E-state index contributed by atoms with van der Waals surface area (Å²) >= 11 is 0. The molecule has 0 aromatic heterocycles. The largest absolute Gasteiger partial charge is 0.290 e. The van der Waals surface area contributed by atoms with E-state index in [4.69, 9.17) is 0 Å². The second-order valence-electron chi connectivity index (χ2n) is 2.94. The van der Waals surface area contributed by atoms with Gasteiger partial charge in [0.25, 0.3) is 0 Å². The van der Waals surface area contributed by atoms with Gasteiger partial charge in [-0.3, -0.25) is 4.79 Å². The minimum atomic E-state index is 0.0111. The molecule has 0 bridgehead atoms. The molecule has 0 radical (unpaired) electrons. The van der Waals surface area contributed by atoms with Crippen LogP contribution in [0.2, 0.25) is 0 Å². The fraction of sp³-hybridized carbons (Fsp3) is 0. The molecule has 0 aliphatic heterocycles. The van der Waals surface area contributed by atoms with Gasteiger partial charge < -0.3 is 0 Å². The van der Waals surface area contributed by atoms with Gasteiger partial charge in [-0.05, 0) is 36.4 Å². The summed E-state index contributed by atoms with van der Waals surface area (Å²) in [6.07, 6.45) is 6.47. The van der Waals surface area contributed by atoms with Gasteiger partial charge in [-0.1, -0.05) is 18.2 Å². The molecule has 2 nitrogen and oxygen atoms in total. The van der Waals surface area contributed by atoms with E-state index in [2.05, 4.69) is 4.99 Å². The smallest absolute Gasteiger partial charge is 0.178 e. The Kier molecular flexibility index (Phi) is 2.36. The molecule has 1 aromatic carbocycles. The number of para-hydroxylation sites is 1. The van der Waals surface area contributed by atoms with Crippen LogP contribution in [-0.4, -0.2) is 11.5 Å². The van der Waals surface area contributed by atoms with Crippen LogP contribution in [0.15, 0.2) is 59.6 Å². The molecule has 0 unspecified atom stereocenters. The third kappa shape index (κ3) is 2.04. The number of rotatable bonds is 1. The number of ketones is 1. The Balaban J connectivity index is 2.25. The maximum atomic E-state index is 10.8. The van der Waals surface area contributed by atoms with Crippen LogP contribution < -0.4 is 0 Å². The summed E-state index contributed by atoms with van der Waals surface area (Å²) in [5.41, 5.74) is 1.70. The molecule has 1 aliphatic rings. The van der Waals surface area contributed by atoms with E-state index < -0.39 is 0 Å². The lowest BCUT2D eigenvalue weighted by molar-refractivity contribution is -0.110. The molecule has 2 heteroatoms. The third-order valence-corrected chi connectivity index (χ3v) is 1.85. The Hall–Kier alpha value is -1.96. The van der Waals surface area contributed by atoms with Crippen LogP contribution in [0.25, 0.3) is 0 Å². The first-order valence-electron chi connectivity index (χ1n) is 4.38. The molecule has 14 heavy (non-hydrogen) atoms. The number of benzene rings is 1. The van der Waals surface area contributed by atoms with Crippen molar-refractivity contribution in [1.82, 2.24) is 0 Å². The first-order valence-corrected chi connectivity index (χ1v) is 4.38. The zero-order valence-electron chi connectivity index (χ0n) is 7.55. The van der Waals surface area contributed by atoms with E-state index in [0.29, 0.717) is 0 Å². The molecule has 0 spiro atoms. The van der Waals surface area contributed by atoms with Gasteiger partial charge >= 0.3 is 0 Å². The second-order valence-corrected chi connectivity index (χ2v) is 2.94. The lowest BCUT2D eigenvalue weighted by Gasteiger charge is -1.98. The topological polar surface area (TPSA) is 29.4 Å². The second kappa shape index (κ2) is 3.83. The zero-order valence-corrected chi connectivity index (χ0v) is 7.55. The highest BCUT2D eigenvalue weighted by Crippen LogP contribution is 2.11. The fourth-order valence-corrected chi connectivity index (χ4v) is 1.17. The van der Waals surface area contributed by atoms with Crippen LogP contribution in [0, 0.1) is 0 Å². The first-order chi connectivity index (χ1) is 6.84. The first kappa shape index (κ1) is 8.63. The van der Waals surface area contributed by atoms with Crippen molar-refractivity contribution in [3.05, 3.63) is 54.6 Å². The quantitative estimate of drug-likeness (QED) is 0.615. The molecule has 1 aliphatic carbocycles. The van der Waals surface area contributed by atoms with Crippen molar-refractivity contribution >= 4 is 17.2 Å². The Labute approximate surface area is 82.3 Å². The molecule has 0 N–H and O–H groups in total. The summed E-state index contributed by atoms with van der Waals surface area (Å²) in [5, 5.41) is 0. The van der Waals surface area contributed by atoms with Crippen molar-refractivity contribution in [3.63, 3.8) is 0 Å². The lowest BCUT2D eigenvalue weighted by Crippen LogP contribution is -1.98. The van der Waals surface area contributed by atoms with Gasteiger partial charge in [0.2, 0.25) is 0 Å². The van der Waals surface area contributed by atoms with Crippen LogP contribution in [-0.2, 0) is 4.79 Å². The van der Waals surface area contributed by atoms with Crippen molar-refractivity contribution in [2.45, 2.75) is 0 Å². The summed E-state index contributed by atoms with van der Waals surface area (Å²) in [4.78, 5) is 15.2. The molecule has 68 valence electrons. The van der Waals surface area contributed by atoms with Crippen molar-refractivity contribution < 1.29 is 4.79 Å². The van der Waals surface area contributed by atoms with E-state index in [-0.39, 0.29) is 5.78 Å². The predicted molar refractivity (Wildman–Crippen MR) is 56.8 cm³/mol. The minimum Gasteiger partial charge on any atom is -0.290 e. The lowest BCUT2D eigenvalue weighted by atomic mass is 10.1. The van der Waals surface area contributed by atoms with Gasteiger partial charge in [0, 0.05) is 0 Å². The Morgan fingerprint density at radius 2 is 1.50 bits per heavy atom.